The molecule has 1 N–H and O–H groups in total. The Bertz CT molecular complexity index is 915. The van der Waals surface area contributed by atoms with Crippen LogP contribution in [0.2, 0.25) is 0 Å². The van der Waals surface area contributed by atoms with E-state index in [1.54, 1.807) is 18.2 Å². The number of hydrogen-bond donors (Lipinski definition) is 1. The van der Waals surface area contributed by atoms with Crippen LogP contribution in [0.1, 0.15) is 45.4 Å². The van der Waals surface area contributed by atoms with Crippen molar-refractivity contribution in [3.63, 3.8) is 0 Å². The lowest BCUT2D eigenvalue weighted by Crippen LogP contribution is -2.56. The molecule has 6 rings (SSSR count). The first kappa shape index (κ1) is 16.9. The van der Waals surface area contributed by atoms with Gasteiger partial charge >= 0.3 is 0 Å². The van der Waals surface area contributed by atoms with Crippen molar-refractivity contribution in [1.29, 1.82) is 0 Å². The van der Waals surface area contributed by atoms with Gasteiger partial charge in [0.05, 0.1) is 5.39 Å². The molecule has 6 heteroatoms. The summed E-state index contributed by atoms with van der Waals surface area (Å²) in [6.45, 7) is 2.08. The summed E-state index contributed by atoms with van der Waals surface area (Å²) in [6.07, 6.45) is 7.91. The highest BCUT2D eigenvalue weighted by Crippen LogP contribution is 2.61. The normalized spacial score (nSPS) is 32.6. The van der Waals surface area contributed by atoms with Crippen molar-refractivity contribution in [2.24, 2.45) is 23.2 Å². The second-order valence-corrected chi connectivity index (χ2v) is 9.14. The Balaban J connectivity index is 1.31. The number of hydrogen-bond acceptors (Lipinski definition) is 4. The number of fused-ring (bicyclic) bond motifs is 1. The molecule has 1 amide bonds. The molecule has 0 radical (unpaired) electrons. The van der Waals surface area contributed by atoms with Crippen LogP contribution in [-0.2, 0) is 11.3 Å². The summed E-state index contributed by atoms with van der Waals surface area (Å²) >= 11 is 0. The maximum Gasteiger partial charge on any atom is 0.278 e. The molecule has 4 aliphatic carbocycles. The van der Waals surface area contributed by atoms with E-state index in [2.05, 4.69) is 22.6 Å². The van der Waals surface area contributed by atoms with Crippen molar-refractivity contribution in [1.82, 2.24) is 20.3 Å². The molecule has 1 atom stereocenters. The van der Waals surface area contributed by atoms with Crippen molar-refractivity contribution >= 4 is 16.8 Å². The molecule has 4 fully saturated rings. The molecular formula is C21H26N4O2. The summed E-state index contributed by atoms with van der Waals surface area (Å²) in [7, 11) is 0. The lowest BCUT2D eigenvalue weighted by atomic mass is 9.48. The van der Waals surface area contributed by atoms with E-state index in [1.807, 2.05) is 6.07 Å². The minimum absolute atomic E-state index is 0.0760. The molecule has 0 saturated heterocycles. The van der Waals surface area contributed by atoms with Gasteiger partial charge in [0, 0.05) is 6.04 Å². The molecule has 1 heterocycles. The lowest BCUT2D eigenvalue weighted by molar-refractivity contribution is -0.126. The first-order chi connectivity index (χ1) is 13.0. The molecule has 1 unspecified atom stereocenters. The molecule has 0 aliphatic heterocycles. The average molecular weight is 366 g/mol. The summed E-state index contributed by atoms with van der Waals surface area (Å²) in [6, 6.07) is 7.23. The Hall–Kier alpha value is -2.24. The number of carbonyl (C=O) groups excluding carboxylic acids is 1. The van der Waals surface area contributed by atoms with Gasteiger partial charge in [-0.15, -0.1) is 5.10 Å². The number of aromatic nitrogens is 3. The third kappa shape index (κ3) is 2.86. The van der Waals surface area contributed by atoms with Crippen LogP contribution in [0.3, 0.4) is 0 Å². The van der Waals surface area contributed by atoms with Gasteiger partial charge in [0.2, 0.25) is 5.91 Å². The Morgan fingerprint density at radius 2 is 1.81 bits per heavy atom. The summed E-state index contributed by atoms with van der Waals surface area (Å²) in [5.41, 5.74) is 0.545. The highest BCUT2D eigenvalue weighted by molar-refractivity contribution is 5.78. The third-order valence-corrected chi connectivity index (χ3v) is 7.30. The lowest BCUT2D eigenvalue weighted by Gasteiger charge is -2.59. The highest BCUT2D eigenvalue weighted by Gasteiger charge is 2.53. The van der Waals surface area contributed by atoms with Gasteiger partial charge in [-0.1, -0.05) is 17.3 Å². The third-order valence-electron chi connectivity index (χ3n) is 7.30. The van der Waals surface area contributed by atoms with Gasteiger partial charge in [-0.05, 0) is 80.8 Å². The van der Waals surface area contributed by atoms with E-state index in [-0.39, 0.29) is 29.5 Å². The molecule has 2 aromatic rings. The van der Waals surface area contributed by atoms with Gasteiger partial charge in [0.25, 0.3) is 5.56 Å². The van der Waals surface area contributed by atoms with Gasteiger partial charge in [0.15, 0.2) is 0 Å². The van der Waals surface area contributed by atoms with Crippen molar-refractivity contribution < 1.29 is 4.79 Å². The molecule has 1 aromatic carbocycles. The van der Waals surface area contributed by atoms with Gasteiger partial charge < -0.3 is 5.32 Å². The minimum Gasteiger partial charge on any atom is -0.351 e. The van der Waals surface area contributed by atoms with Gasteiger partial charge in [-0.2, -0.15) is 0 Å². The molecular weight excluding hydrogens is 340 g/mol. The summed E-state index contributed by atoms with van der Waals surface area (Å²) in [5, 5.41) is 11.7. The Labute approximate surface area is 158 Å². The van der Waals surface area contributed by atoms with E-state index in [9.17, 15) is 9.59 Å². The average Bonchev–Trinajstić information content (AvgIpc) is 2.63. The van der Waals surface area contributed by atoms with Crippen LogP contribution in [0, 0.1) is 23.2 Å². The topological polar surface area (TPSA) is 76.9 Å². The van der Waals surface area contributed by atoms with Crippen molar-refractivity contribution in [2.45, 2.75) is 58.0 Å². The number of nitrogens with zero attached hydrogens (tertiary/aromatic N) is 3. The molecule has 27 heavy (non-hydrogen) atoms. The zero-order valence-electron chi connectivity index (χ0n) is 15.7. The van der Waals surface area contributed by atoms with Crippen LogP contribution >= 0.6 is 0 Å². The summed E-state index contributed by atoms with van der Waals surface area (Å²) in [4.78, 5) is 25.2. The van der Waals surface area contributed by atoms with E-state index >= 15 is 0 Å². The van der Waals surface area contributed by atoms with E-state index in [0.29, 0.717) is 10.9 Å². The van der Waals surface area contributed by atoms with E-state index < -0.39 is 0 Å². The van der Waals surface area contributed by atoms with Crippen LogP contribution in [-0.4, -0.2) is 26.9 Å². The maximum atomic E-state index is 12.7. The molecule has 6 nitrogen and oxygen atoms in total. The van der Waals surface area contributed by atoms with E-state index in [0.717, 1.165) is 17.8 Å². The van der Waals surface area contributed by atoms with Gasteiger partial charge in [-0.3, -0.25) is 9.59 Å². The monoisotopic (exact) mass is 366 g/mol. The first-order valence-electron chi connectivity index (χ1n) is 10.1. The number of benzene rings is 1. The Morgan fingerprint density at radius 3 is 2.48 bits per heavy atom. The predicted octanol–water partition coefficient (Wildman–Crippen LogP) is 2.51. The van der Waals surface area contributed by atoms with E-state index in [4.69, 9.17) is 0 Å². The number of carbonyl (C=O) groups is 1. The fourth-order valence-electron chi connectivity index (χ4n) is 6.41. The molecule has 0 spiro atoms. The number of rotatable bonds is 4. The molecule has 4 saturated carbocycles. The van der Waals surface area contributed by atoms with Gasteiger partial charge in [-0.25, -0.2) is 4.68 Å². The van der Waals surface area contributed by atoms with Crippen molar-refractivity contribution in [3.8, 4) is 0 Å². The van der Waals surface area contributed by atoms with Crippen LogP contribution in [0.15, 0.2) is 29.1 Å². The second-order valence-electron chi connectivity index (χ2n) is 9.14. The van der Waals surface area contributed by atoms with E-state index in [1.165, 1.54) is 43.2 Å². The Morgan fingerprint density at radius 1 is 1.19 bits per heavy atom. The standard InChI is InChI=1S/C21H26N4O2/c1-13(21-9-14-6-15(10-21)8-16(7-14)11-21)22-19(26)12-25-20(27)17-4-2-3-5-18(17)23-24-25/h2-5,13-16H,6-12H2,1H3,(H,22,26). The fourth-order valence-corrected chi connectivity index (χ4v) is 6.41. The zero-order valence-corrected chi connectivity index (χ0v) is 15.7. The highest BCUT2D eigenvalue weighted by atomic mass is 16.2. The largest absolute Gasteiger partial charge is 0.351 e. The summed E-state index contributed by atoms with van der Waals surface area (Å²) in [5.74, 6) is 2.41. The molecule has 142 valence electrons. The second kappa shape index (κ2) is 6.14. The first-order valence-corrected chi connectivity index (χ1v) is 10.1. The fraction of sp³-hybridized carbons (Fsp3) is 0.619. The molecule has 4 aliphatic rings. The van der Waals surface area contributed by atoms with Crippen LogP contribution < -0.4 is 10.9 Å². The van der Waals surface area contributed by atoms with Crippen molar-refractivity contribution in [3.05, 3.63) is 34.6 Å². The zero-order chi connectivity index (χ0) is 18.6. The van der Waals surface area contributed by atoms with Crippen LogP contribution in [0.25, 0.3) is 10.9 Å². The van der Waals surface area contributed by atoms with Gasteiger partial charge in [0.1, 0.15) is 12.1 Å². The van der Waals surface area contributed by atoms with Crippen LogP contribution in [0.4, 0.5) is 0 Å². The van der Waals surface area contributed by atoms with Crippen molar-refractivity contribution in [2.75, 3.05) is 0 Å². The number of nitrogens with one attached hydrogen (secondary N) is 1. The molecule has 4 bridgehead atoms. The maximum absolute atomic E-state index is 12.7. The quantitative estimate of drug-likeness (QED) is 0.902. The summed E-state index contributed by atoms with van der Waals surface area (Å²) < 4.78 is 1.17. The van der Waals surface area contributed by atoms with Crippen LogP contribution in [0.5, 0.6) is 0 Å². The number of amides is 1. The minimum atomic E-state index is -0.266. The smallest absolute Gasteiger partial charge is 0.278 e. The molecule has 1 aromatic heterocycles. The Kier molecular flexibility index (Phi) is 3.85. The predicted molar refractivity (Wildman–Crippen MR) is 102 cm³/mol. The SMILES string of the molecule is CC(NC(=O)Cn1nnc2ccccc2c1=O)C12CC3CC(CC(C3)C1)C2.